The Hall–Kier alpha value is -1.03. The predicted octanol–water partition coefficient (Wildman–Crippen LogP) is 4.81. The zero-order valence-corrected chi connectivity index (χ0v) is 13.8. The van der Waals surface area contributed by atoms with Gasteiger partial charge in [-0.1, -0.05) is 52.7 Å². The number of nitrogens with one attached hydrogen (secondary N) is 1. The van der Waals surface area contributed by atoms with E-state index in [9.17, 15) is 0 Å². The highest BCUT2D eigenvalue weighted by molar-refractivity contribution is 9.10. The maximum atomic E-state index is 6.23. The van der Waals surface area contributed by atoms with E-state index >= 15 is 0 Å². The van der Waals surface area contributed by atoms with Crippen LogP contribution in [-0.2, 0) is 0 Å². The number of methoxy groups -OCH3 is 1. The standard InChI is InChI=1S/C16H17BrClNO/c1-3-19-16(11-4-7-13(17)8-5-11)12-6-9-15(20-2)14(18)10-12/h4-10,16,19H,3H2,1-2H3. The molecular formula is C16H17BrClNO. The molecule has 0 fully saturated rings. The van der Waals surface area contributed by atoms with Gasteiger partial charge in [0, 0.05) is 4.47 Å². The minimum absolute atomic E-state index is 0.122. The van der Waals surface area contributed by atoms with Crippen molar-refractivity contribution in [2.24, 2.45) is 0 Å². The van der Waals surface area contributed by atoms with E-state index in [1.165, 1.54) is 5.56 Å². The van der Waals surface area contributed by atoms with Crippen molar-refractivity contribution in [1.82, 2.24) is 5.32 Å². The van der Waals surface area contributed by atoms with Crippen LogP contribution in [0.5, 0.6) is 5.75 Å². The van der Waals surface area contributed by atoms with Crippen molar-refractivity contribution >= 4 is 27.5 Å². The van der Waals surface area contributed by atoms with Gasteiger partial charge in [0.25, 0.3) is 0 Å². The van der Waals surface area contributed by atoms with Gasteiger partial charge >= 0.3 is 0 Å². The van der Waals surface area contributed by atoms with Crippen molar-refractivity contribution in [3.05, 3.63) is 63.1 Å². The second-order valence-corrected chi connectivity index (χ2v) is 5.76. The van der Waals surface area contributed by atoms with Gasteiger partial charge in [-0.15, -0.1) is 0 Å². The number of ether oxygens (including phenoxy) is 1. The van der Waals surface area contributed by atoms with E-state index in [-0.39, 0.29) is 6.04 Å². The topological polar surface area (TPSA) is 21.3 Å². The Morgan fingerprint density at radius 2 is 1.80 bits per heavy atom. The van der Waals surface area contributed by atoms with E-state index in [0.717, 1.165) is 16.6 Å². The van der Waals surface area contributed by atoms with Gasteiger partial charge in [-0.25, -0.2) is 0 Å². The molecular weight excluding hydrogens is 338 g/mol. The van der Waals surface area contributed by atoms with Gasteiger partial charge in [-0.2, -0.15) is 0 Å². The number of rotatable bonds is 5. The summed E-state index contributed by atoms with van der Waals surface area (Å²) >= 11 is 9.69. The van der Waals surface area contributed by atoms with Crippen LogP contribution in [0.15, 0.2) is 46.9 Å². The van der Waals surface area contributed by atoms with Crippen LogP contribution in [0.3, 0.4) is 0 Å². The fourth-order valence-electron chi connectivity index (χ4n) is 2.15. The molecule has 0 saturated heterocycles. The molecule has 0 aliphatic carbocycles. The van der Waals surface area contributed by atoms with Gasteiger partial charge in [0.15, 0.2) is 0 Å². The second kappa shape index (κ2) is 7.11. The van der Waals surface area contributed by atoms with E-state index in [2.05, 4.69) is 40.3 Å². The smallest absolute Gasteiger partial charge is 0.137 e. The first-order valence-corrected chi connectivity index (χ1v) is 7.65. The molecule has 0 heterocycles. The van der Waals surface area contributed by atoms with Crippen LogP contribution in [0.2, 0.25) is 5.02 Å². The minimum atomic E-state index is 0.122. The van der Waals surface area contributed by atoms with Gasteiger partial charge in [0.05, 0.1) is 18.2 Å². The average molecular weight is 355 g/mol. The van der Waals surface area contributed by atoms with Crippen molar-refractivity contribution in [1.29, 1.82) is 0 Å². The summed E-state index contributed by atoms with van der Waals surface area (Å²) in [5, 5.41) is 4.11. The summed E-state index contributed by atoms with van der Waals surface area (Å²) in [5.41, 5.74) is 2.33. The third kappa shape index (κ3) is 3.54. The van der Waals surface area contributed by atoms with Crippen molar-refractivity contribution in [3.63, 3.8) is 0 Å². The van der Waals surface area contributed by atoms with Gasteiger partial charge < -0.3 is 10.1 Å². The molecule has 0 spiro atoms. The maximum Gasteiger partial charge on any atom is 0.137 e. The normalized spacial score (nSPS) is 12.2. The molecule has 0 radical (unpaired) electrons. The summed E-state index contributed by atoms with van der Waals surface area (Å²) in [5.74, 6) is 0.696. The quantitative estimate of drug-likeness (QED) is 0.832. The van der Waals surface area contributed by atoms with Gasteiger partial charge in [-0.3, -0.25) is 0 Å². The lowest BCUT2D eigenvalue weighted by Crippen LogP contribution is -2.21. The molecule has 0 bridgehead atoms. The second-order valence-electron chi connectivity index (χ2n) is 4.44. The van der Waals surface area contributed by atoms with Crippen LogP contribution in [0.1, 0.15) is 24.1 Å². The lowest BCUT2D eigenvalue weighted by Gasteiger charge is -2.20. The van der Waals surface area contributed by atoms with Crippen LogP contribution in [0.25, 0.3) is 0 Å². The average Bonchev–Trinajstić information content (AvgIpc) is 2.46. The van der Waals surface area contributed by atoms with Gasteiger partial charge in [0.2, 0.25) is 0 Å². The summed E-state index contributed by atoms with van der Waals surface area (Å²) in [7, 11) is 1.62. The molecule has 4 heteroatoms. The Bertz CT molecular complexity index is 571. The molecule has 0 aromatic heterocycles. The van der Waals surface area contributed by atoms with Crippen molar-refractivity contribution < 1.29 is 4.74 Å². The zero-order chi connectivity index (χ0) is 14.5. The van der Waals surface area contributed by atoms with Crippen LogP contribution in [0, 0.1) is 0 Å². The van der Waals surface area contributed by atoms with Crippen LogP contribution < -0.4 is 10.1 Å². The van der Waals surface area contributed by atoms with E-state index in [1.807, 2.05) is 30.3 Å². The minimum Gasteiger partial charge on any atom is -0.495 e. The summed E-state index contributed by atoms with van der Waals surface area (Å²) in [6.45, 7) is 2.97. The lowest BCUT2D eigenvalue weighted by molar-refractivity contribution is 0.414. The zero-order valence-electron chi connectivity index (χ0n) is 11.5. The highest BCUT2D eigenvalue weighted by Gasteiger charge is 2.14. The molecule has 20 heavy (non-hydrogen) atoms. The molecule has 0 amide bonds. The maximum absolute atomic E-state index is 6.23. The molecule has 2 nitrogen and oxygen atoms in total. The lowest BCUT2D eigenvalue weighted by atomic mass is 9.98. The Morgan fingerprint density at radius 1 is 1.15 bits per heavy atom. The summed E-state index contributed by atoms with van der Waals surface area (Å²) in [6, 6.07) is 14.3. The largest absolute Gasteiger partial charge is 0.495 e. The highest BCUT2D eigenvalue weighted by atomic mass is 79.9. The fourth-order valence-corrected chi connectivity index (χ4v) is 2.68. The molecule has 1 N–H and O–H groups in total. The third-order valence-electron chi connectivity index (χ3n) is 3.12. The summed E-state index contributed by atoms with van der Waals surface area (Å²) < 4.78 is 6.28. The SMILES string of the molecule is CCNC(c1ccc(Br)cc1)c1ccc(OC)c(Cl)c1. The Balaban J connectivity index is 2.37. The molecule has 0 saturated carbocycles. The number of hydrogen-bond acceptors (Lipinski definition) is 2. The molecule has 0 aliphatic heterocycles. The predicted molar refractivity (Wildman–Crippen MR) is 87.7 cm³/mol. The summed E-state index contributed by atoms with van der Waals surface area (Å²) in [4.78, 5) is 0. The van der Waals surface area contributed by atoms with Crippen LogP contribution in [-0.4, -0.2) is 13.7 Å². The number of halogens is 2. The van der Waals surface area contributed by atoms with Gasteiger partial charge in [-0.05, 0) is 41.9 Å². The Kier molecular flexibility index (Phi) is 5.46. The first-order valence-electron chi connectivity index (χ1n) is 6.48. The Labute approximate surface area is 133 Å². The fraction of sp³-hybridized carbons (Fsp3) is 0.250. The Morgan fingerprint density at radius 3 is 2.35 bits per heavy atom. The van der Waals surface area contributed by atoms with Gasteiger partial charge in [0.1, 0.15) is 5.75 Å². The van der Waals surface area contributed by atoms with Crippen LogP contribution >= 0.6 is 27.5 Å². The first kappa shape index (κ1) is 15.4. The van der Waals surface area contributed by atoms with Crippen LogP contribution in [0.4, 0.5) is 0 Å². The van der Waals surface area contributed by atoms with Crippen molar-refractivity contribution in [3.8, 4) is 5.75 Å². The molecule has 1 unspecified atom stereocenters. The summed E-state index contributed by atoms with van der Waals surface area (Å²) in [6.07, 6.45) is 0. The third-order valence-corrected chi connectivity index (χ3v) is 3.94. The molecule has 1 atom stereocenters. The first-order chi connectivity index (χ1) is 9.65. The van der Waals surface area contributed by atoms with Crippen molar-refractivity contribution in [2.75, 3.05) is 13.7 Å². The molecule has 2 rings (SSSR count). The highest BCUT2D eigenvalue weighted by Crippen LogP contribution is 2.30. The number of benzene rings is 2. The monoisotopic (exact) mass is 353 g/mol. The van der Waals surface area contributed by atoms with E-state index in [4.69, 9.17) is 16.3 Å². The molecule has 2 aromatic rings. The van der Waals surface area contributed by atoms with Crippen molar-refractivity contribution in [2.45, 2.75) is 13.0 Å². The molecule has 2 aromatic carbocycles. The van der Waals surface area contributed by atoms with E-state index < -0.39 is 0 Å². The molecule has 0 aliphatic rings. The van der Waals surface area contributed by atoms with E-state index in [1.54, 1.807) is 7.11 Å². The van der Waals surface area contributed by atoms with E-state index in [0.29, 0.717) is 10.8 Å². The molecule has 106 valence electrons. The number of hydrogen-bond donors (Lipinski definition) is 1.